The lowest BCUT2D eigenvalue weighted by Gasteiger charge is -2.40. The van der Waals surface area contributed by atoms with Crippen LogP contribution >= 0.6 is 0 Å². The molecule has 1 amide bonds. The van der Waals surface area contributed by atoms with Crippen LogP contribution in [0.2, 0.25) is 0 Å². The molecule has 0 unspecified atom stereocenters. The molecule has 0 aromatic carbocycles. The summed E-state index contributed by atoms with van der Waals surface area (Å²) in [6.07, 6.45) is 4.59. The number of nitrogens with zero attached hydrogens (tertiary/aromatic N) is 1. The van der Waals surface area contributed by atoms with Crippen LogP contribution in [0.5, 0.6) is 0 Å². The van der Waals surface area contributed by atoms with Gasteiger partial charge in [0.1, 0.15) is 0 Å². The Bertz CT molecular complexity index is 256. The van der Waals surface area contributed by atoms with Gasteiger partial charge in [0.2, 0.25) is 5.91 Å². The summed E-state index contributed by atoms with van der Waals surface area (Å²) in [4.78, 5) is 13.9. The average molecular weight is 226 g/mol. The standard InChI is InChI=1S/C13H26N2O/c1-12(2)8-6-10(7-9-12)15(5)11(16)13(3,4)14/h10H,6-9,14H2,1-5H3. The molecule has 1 aliphatic carbocycles. The number of carbonyl (C=O) groups is 1. The van der Waals surface area contributed by atoms with Crippen molar-refractivity contribution in [3.8, 4) is 0 Å². The van der Waals surface area contributed by atoms with Crippen molar-refractivity contribution in [3.05, 3.63) is 0 Å². The van der Waals surface area contributed by atoms with Crippen LogP contribution in [0, 0.1) is 5.41 Å². The Kier molecular flexibility index (Phi) is 3.68. The quantitative estimate of drug-likeness (QED) is 0.784. The highest BCUT2D eigenvalue weighted by Crippen LogP contribution is 2.36. The largest absolute Gasteiger partial charge is 0.341 e. The minimum atomic E-state index is -0.748. The maximum atomic E-state index is 12.0. The molecule has 0 saturated heterocycles. The van der Waals surface area contributed by atoms with Gasteiger partial charge in [-0.05, 0) is 44.9 Å². The molecule has 0 heterocycles. The van der Waals surface area contributed by atoms with Crippen LogP contribution in [-0.2, 0) is 4.79 Å². The molecule has 0 aromatic heterocycles. The fourth-order valence-corrected chi connectivity index (χ4v) is 2.39. The smallest absolute Gasteiger partial charge is 0.242 e. The molecule has 3 heteroatoms. The molecular weight excluding hydrogens is 200 g/mol. The van der Waals surface area contributed by atoms with E-state index in [1.54, 1.807) is 13.8 Å². The first kappa shape index (κ1) is 13.5. The van der Waals surface area contributed by atoms with Gasteiger partial charge in [0.15, 0.2) is 0 Å². The SMILES string of the molecule is CN(C(=O)C(C)(C)N)C1CCC(C)(C)CC1. The second kappa shape index (κ2) is 4.36. The van der Waals surface area contributed by atoms with Crippen molar-refractivity contribution in [1.29, 1.82) is 0 Å². The highest BCUT2D eigenvalue weighted by atomic mass is 16.2. The molecule has 94 valence electrons. The summed E-state index contributed by atoms with van der Waals surface area (Å²) in [5.41, 5.74) is 5.54. The molecule has 3 nitrogen and oxygen atoms in total. The van der Waals surface area contributed by atoms with E-state index in [4.69, 9.17) is 5.73 Å². The summed E-state index contributed by atoms with van der Waals surface area (Å²) in [5.74, 6) is 0.0530. The van der Waals surface area contributed by atoms with Crippen molar-refractivity contribution in [1.82, 2.24) is 4.90 Å². The number of hydrogen-bond donors (Lipinski definition) is 1. The molecule has 1 aliphatic rings. The lowest BCUT2D eigenvalue weighted by molar-refractivity contribution is -0.137. The van der Waals surface area contributed by atoms with Crippen molar-refractivity contribution in [3.63, 3.8) is 0 Å². The Hall–Kier alpha value is -0.570. The van der Waals surface area contributed by atoms with Crippen molar-refractivity contribution < 1.29 is 4.79 Å². The third kappa shape index (κ3) is 3.21. The van der Waals surface area contributed by atoms with Crippen molar-refractivity contribution in [2.45, 2.75) is 65.0 Å². The lowest BCUT2D eigenvalue weighted by Crippen LogP contribution is -2.53. The van der Waals surface area contributed by atoms with E-state index in [0.717, 1.165) is 12.8 Å². The Morgan fingerprint density at radius 3 is 2.12 bits per heavy atom. The molecule has 0 radical (unpaired) electrons. The fourth-order valence-electron chi connectivity index (χ4n) is 2.39. The van der Waals surface area contributed by atoms with Crippen LogP contribution in [-0.4, -0.2) is 29.4 Å². The first-order valence-corrected chi connectivity index (χ1v) is 6.20. The molecule has 16 heavy (non-hydrogen) atoms. The van der Waals surface area contributed by atoms with Crippen LogP contribution in [0.1, 0.15) is 53.4 Å². The first-order chi connectivity index (χ1) is 7.13. The fraction of sp³-hybridized carbons (Fsp3) is 0.923. The zero-order valence-corrected chi connectivity index (χ0v) is 11.3. The highest BCUT2D eigenvalue weighted by Gasteiger charge is 2.34. The maximum absolute atomic E-state index is 12.0. The second-order valence-corrected chi connectivity index (χ2v) is 6.53. The summed E-state index contributed by atoms with van der Waals surface area (Å²) in [7, 11) is 1.89. The highest BCUT2D eigenvalue weighted by molar-refractivity contribution is 5.85. The number of likely N-dealkylation sites (N-methyl/N-ethyl adjacent to an activating group) is 1. The van der Waals surface area contributed by atoms with Crippen LogP contribution in [0.25, 0.3) is 0 Å². The summed E-state index contributed by atoms with van der Waals surface area (Å²) >= 11 is 0. The molecule has 2 N–H and O–H groups in total. The predicted molar refractivity (Wildman–Crippen MR) is 67.1 cm³/mol. The van der Waals surface area contributed by atoms with Crippen LogP contribution in [0.3, 0.4) is 0 Å². The number of amides is 1. The van der Waals surface area contributed by atoms with E-state index in [0.29, 0.717) is 11.5 Å². The monoisotopic (exact) mass is 226 g/mol. The molecule has 0 atom stereocenters. The summed E-state index contributed by atoms with van der Waals surface area (Å²) in [5, 5.41) is 0. The van der Waals surface area contributed by atoms with Crippen LogP contribution < -0.4 is 5.73 Å². The molecule has 0 aromatic rings. The van der Waals surface area contributed by atoms with E-state index in [9.17, 15) is 4.79 Å². The van der Waals surface area contributed by atoms with Crippen molar-refractivity contribution in [2.24, 2.45) is 11.1 Å². The zero-order valence-electron chi connectivity index (χ0n) is 11.3. The summed E-state index contributed by atoms with van der Waals surface area (Å²) < 4.78 is 0. The molecule has 1 saturated carbocycles. The van der Waals surface area contributed by atoms with Gasteiger partial charge in [0.05, 0.1) is 5.54 Å². The van der Waals surface area contributed by atoms with E-state index in [1.807, 2.05) is 11.9 Å². The summed E-state index contributed by atoms with van der Waals surface area (Å²) in [6.45, 7) is 8.16. The van der Waals surface area contributed by atoms with Gasteiger partial charge in [0.25, 0.3) is 0 Å². The van der Waals surface area contributed by atoms with E-state index in [1.165, 1.54) is 12.8 Å². The summed E-state index contributed by atoms with van der Waals surface area (Å²) in [6, 6.07) is 0.378. The van der Waals surface area contributed by atoms with E-state index in [-0.39, 0.29) is 5.91 Å². The van der Waals surface area contributed by atoms with E-state index in [2.05, 4.69) is 13.8 Å². The molecule has 1 rings (SSSR count). The van der Waals surface area contributed by atoms with Crippen molar-refractivity contribution in [2.75, 3.05) is 7.05 Å². The minimum Gasteiger partial charge on any atom is -0.341 e. The van der Waals surface area contributed by atoms with Gasteiger partial charge >= 0.3 is 0 Å². The van der Waals surface area contributed by atoms with Gasteiger partial charge < -0.3 is 10.6 Å². The molecule has 1 fully saturated rings. The van der Waals surface area contributed by atoms with Crippen LogP contribution in [0.15, 0.2) is 0 Å². The van der Waals surface area contributed by atoms with E-state index < -0.39 is 5.54 Å². The van der Waals surface area contributed by atoms with Gasteiger partial charge in [0, 0.05) is 13.1 Å². The Morgan fingerprint density at radius 2 is 1.75 bits per heavy atom. The Labute approximate surface area is 99.4 Å². The van der Waals surface area contributed by atoms with Gasteiger partial charge in [-0.25, -0.2) is 0 Å². The van der Waals surface area contributed by atoms with Gasteiger partial charge in [-0.2, -0.15) is 0 Å². The number of nitrogens with two attached hydrogens (primary N) is 1. The molecular formula is C13H26N2O. The third-order valence-corrected chi connectivity index (χ3v) is 3.73. The number of rotatable bonds is 2. The Morgan fingerprint density at radius 1 is 1.31 bits per heavy atom. The number of hydrogen-bond acceptors (Lipinski definition) is 2. The third-order valence-electron chi connectivity index (χ3n) is 3.73. The Balaban J connectivity index is 2.57. The molecule has 0 spiro atoms. The predicted octanol–water partition coefficient (Wildman–Crippen LogP) is 2.15. The zero-order chi connectivity index (χ0) is 12.6. The first-order valence-electron chi connectivity index (χ1n) is 6.20. The van der Waals surface area contributed by atoms with Crippen molar-refractivity contribution >= 4 is 5.91 Å². The minimum absolute atomic E-state index is 0.0530. The normalized spacial score (nSPS) is 21.9. The van der Waals surface area contributed by atoms with Crippen LogP contribution in [0.4, 0.5) is 0 Å². The van der Waals surface area contributed by atoms with E-state index >= 15 is 0 Å². The maximum Gasteiger partial charge on any atom is 0.242 e. The molecule has 0 aliphatic heterocycles. The average Bonchev–Trinajstić information content (AvgIpc) is 2.14. The number of carbonyl (C=O) groups excluding carboxylic acids is 1. The topological polar surface area (TPSA) is 46.3 Å². The van der Waals surface area contributed by atoms with Gasteiger partial charge in [-0.15, -0.1) is 0 Å². The lowest BCUT2D eigenvalue weighted by atomic mass is 9.75. The van der Waals surface area contributed by atoms with Gasteiger partial charge in [-0.3, -0.25) is 4.79 Å². The second-order valence-electron chi connectivity index (χ2n) is 6.53. The van der Waals surface area contributed by atoms with Gasteiger partial charge in [-0.1, -0.05) is 13.8 Å². The molecule has 0 bridgehead atoms.